The average molecular weight is 268 g/mol. The van der Waals surface area contributed by atoms with E-state index in [1.54, 1.807) is 0 Å². The number of morpholine rings is 1. The highest BCUT2D eigenvalue weighted by molar-refractivity contribution is 7.11. The summed E-state index contributed by atoms with van der Waals surface area (Å²) in [6.07, 6.45) is 0. The lowest BCUT2D eigenvalue weighted by atomic mass is 10.0. The van der Waals surface area contributed by atoms with Crippen molar-refractivity contribution in [3.8, 4) is 0 Å². The fraction of sp³-hybridized carbons (Fsp3) is 0.714. The van der Waals surface area contributed by atoms with E-state index in [2.05, 4.69) is 43.1 Å². The van der Waals surface area contributed by atoms with E-state index in [9.17, 15) is 0 Å². The molecule has 1 saturated heterocycles. The molecule has 0 amide bonds. The second kappa shape index (κ2) is 6.15. The Hall–Kier alpha value is -0.420. The summed E-state index contributed by atoms with van der Waals surface area (Å²) in [6.45, 7) is 12.5. The van der Waals surface area contributed by atoms with Crippen molar-refractivity contribution in [3.05, 3.63) is 21.9 Å². The Bertz CT molecular complexity index is 376. The van der Waals surface area contributed by atoms with Gasteiger partial charge < -0.3 is 10.1 Å². The lowest BCUT2D eigenvalue weighted by molar-refractivity contribution is -0.0548. The highest BCUT2D eigenvalue weighted by atomic mass is 32.1. The van der Waals surface area contributed by atoms with Gasteiger partial charge in [-0.3, -0.25) is 4.90 Å². The molecule has 2 heterocycles. The molecule has 2 rings (SSSR count). The molecule has 18 heavy (non-hydrogen) atoms. The molecule has 1 fully saturated rings. The summed E-state index contributed by atoms with van der Waals surface area (Å²) in [5.41, 5.74) is 0.157. The van der Waals surface area contributed by atoms with Crippen LogP contribution in [0.25, 0.3) is 0 Å². The molecule has 0 atom stereocenters. The van der Waals surface area contributed by atoms with Crippen LogP contribution in [-0.4, -0.2) is 36.7 Å². The smallest absolute Gasteiger partial charge is 0.0645 e. The predicted molar refractivity (Wildman–Crippen MR) is 77.0 cm³/mol. The van der Waals surface area contributed by atoms with Crippen molar-refractivity contribution in [2.45, 2.75) is 39.4 Å². The minimum atomic E-state index is 0.157. The molecule has 0 radical (unpaired) electrons. The van der Waals surface area contributed by atoms with Gasteiger partial charge in [0.1, 0.15) is 0 Å². The van der Waals surface area contributed by atoms with E-state index in [0.717, 1.165) is 39.4 Å². The minimum absolute atomic E-state index is 0.157. The van der Waals surface area contributed by atoms with Gasteiger partial charge in [-0.25, -0.2) is 0 Å². The molecular formula is C14H24N2OS. The van der Waals surface area contributed by atoms with Gasteiger partial charge in [0.25, 0.3) is 0 Å². The summed E-state index contributed by atoms with van der Waals surface area (Å²) in [4.78, 5) is 5.41. The summed E-state index contributed by atoms with van der Waals surface area (Å²) >= 11 is 1.92. The number of thiophene rings is 1. The first-order valence-corrected chi connectivity index (χ1v) is 7.54. The van der Waals surface area contributed by atoms with Gasteiger partial charge in [0, 0.05) is 34.9 Å². The summed E-state index contributed by atoms with van der Waals surface area (Å²) in [6, 6.07) is 4.51. The average Bonchev–Trinajstić information content (AvgIpc) is 2.77. The van der Waals surface area contributed by atoms with Crippen LogP contribution in [0.15, 0.2) is 12.1 Å². The Balaban J connectivity index is 1.94. The quantitative estimate of drug-likeness (QED) is 0.888. The number of hydrogen-bond acceptors (Lipinski definition) is 4. The Morgan fingerprint density at radius 1 is 1.39 bits per heavy atom. The van der Waals surface area contributed by atoms with Crippen molar-refractivity contribution >= 4 is 11.3 Å². The Labute approximate surface area is 114 Å². The number of ether oxygens (including phenoxy) is 1. The van der Waals surface area contributed by atoms with E-state index >= 15 is 0 Å². The summed E-state index contributed by atoms with van der Waals surface area (Å²) in [7, 11) is 0. The maximum atomic E-state index is 5.56. The first kappa shape index (κ1) is 14.0. The fourth-order valence-corrected chi connectivity index (χ4v) is 3.23. The molecule has 4 heteroatoms. The third-order valence-electron chi connectivity index (χ3n) is 3.43. The summed E-state index contributed by atoms with van der Waals surface area (Å²) < 4.78 is 5.56. The molecule has 3 nitrogen and oxygen atoms in total. The molecule has 0 bridgehead atoms. The molecule has 0 spiro atoms. The maximum absolute atomic E-state index is 5.56. The maximum Gasteiger partial charge on any atom is 0.0645 e. The molecule has 1 aromatic heterocycles. The molecule has 1 aliphatic rings. The predicted octanol–water partition coefficient (Wildman–Crippen LogP) is 2.47. The highest BCUT2D eigenvalue weighted by Crippen LogP contribution is 2.25. The van der Waals surface area contributed by atoms with Crippen molar-refractivity contribution in [1.82, 2.24) is 10.2 Å². The molecule has 102 valence electrons. The molecule has 0 aromatic carbocycles. The van der Waals surface area contributed by atoms with Crippen LogP contribution in [0, 0.1) is 0 Å². The van der Waals surface area contributed by atoms with Gasteiger partial charge in [0.15, 0.2) is 0 Å². The fourth-order valence-electron chi connectivity index (χ4n) is 2.22. The topological polar surface area (TPSA) is 24.5 Å². The van der Waals surface area contributed by atoms with E-state index in [-0.39, 0.29) is 5.54 Å². The second-order valence-corrected chi connectivity index (χ2v) is 6.69. The lowest BCUT2D eigenvalue weighted by Crippen LogP contribution is -2.52. The first-order valence-electron chi connectivity index (χ1n) is 6.73. The molecule has 1 aliphatic heterocycles. The van der Waals surface area contributed by atoms with Crippen molar-refractivity contribution in [1.29, 1.82) is 0 Å². The van der Waals surface area contributed by atoms with Crippen LogP contribution in [0.2, 0.25) is 0 Å². The van der Waals surface area contributed by atoms with Gasteiger partial charge in [-0.1, -0.05) is 6.92 Å². The van der Waals surface area contributed by atoms with Crippen molar-refractivity contribution in [2.75, 3.05) is 26.3 Å². The monoisotopic (exact) mass is 268 g/mol. The third kappa shape index (κ3) is 3.54. The third-order valence-corrected chi connectivity index (χ3v) is 4.50. The van der Waals surface area contributed by atoms with Crippen molar-refractivity contribution in [3.63, 3.8) is 0 Å². The van der Waals surface area contributed by atoms with Crippen molar-refractivity contribution < 1.29 is 4.74 Å². The van der Waals surface area contributed by atoms with Crippen LogP contribution in [0.1, 0.15) is 30.5 Å². The normalized spacial score (nSPS) is 20.2. The van der Waals surface area contributed by atoms with Crippen LogP contribution in [0.3, 0.4) is 0 Å². The number of hydrogen-bond donors (Lipinski definition) is 1. The standard InChI is InChI=1S/C14H24N2OS/c1-4-15-9-12-5-6-13(18-12)10-16-7-8-17-11-14(16,2)3/h5-6,15H,4,7-11H2,1-3H3. The van der Waals surface area contributed by atoms with Crippen LogP contribution in [-0.2, 0) is 17.8 Å². The van der Waals surface area contributed by atoms with E-state index in [0.29, 0.717) is 0 Å². The van der Waals surface area contributed by atoms with Gasteiger partial charge in [0.2, 0.25) is 0 Å². The Morgan fingerprint density at radius 2 is 2.17 bits per heavy atom. The van der Waals surface area contributed by atoms with Crippen LogP contribution in [0.5, 0.6) is 0 Å². The molecular weight excluding hydrogens is 244 g/mol. The summed E-state index contributed by atoms with van der Waals surface area (Å²) in [5.74, 6) is 0. The van der Waals surface area contributed by atoms with Gasteiger partial charge >= 0.3 is 0 Å². The Kier molecular flexibility index (Phi) is 4.78. The van der Waals surface area contributed by atoms with Gasteiger partial charge in [0.05, 0.1) is 13.2 Å². The zero-order valence-corrected chi connectivity index (χ0v) is 12.5. The molecule has 0 aliphatic carbocycles. The lowest BCUT2D eigenvalue weighted by Gasteiger charge is -2.41. The largest absolute Gasteiger partial charge is 0.378 e. The highest BCUT2D eigenvalue weighted by Gasteiger charge is 2.30. The molecule has 1 N–H and O–H groups in total. The van der Waals surface area contributed by atoms with Gasteiger partial charge in [-0.2, -0.15) is 0 Å². The second-order valence-electron chi connectivity index (χ2n) is 5.43. The van der Waals surface area contributed by atoms with Gasteiger partial charge in [-0.05, 0) is 32.5 Å². The van der Waals surface area contributed by atoms with Crippen LogP contribution >= 0.6 is 11.3 Å². The summed E-state index contributed by atoms with van der Waals surface area (Å²) in [5, 5.41) is 3.37. The minimum Gasteiger partial charge on any atom is -0.378 e. The molecule has 1 aromatic rings. The van der Waals surface area contributed by atoms with Crippen LogP contribution < -0.4 is 5.32 Å². The zero-order valence-electron chi connectivity index (χ0n) is 11.7. The number of nitrogens with one attached hydrogen (secondary N) is 1. The van der Waals surface area contributed by atoms with Crippen LogP contribution in [0.4, 0.5) is 0 Å². The van der Waals surface area contributed by atoms with E-state index in [4.69, 9.17) is 4.74 Å². The number of rotatable bonds is 5. The van der Waals surface area contributed by atoms with Crippen molar-refractivity contribution in [2.24, 2.45) is 0 Å². The molecule has 0 unspecified atom stereocenters. The SMILES string of the molecule is CCNCc1ccc(CN2CCOCC2(C)C)s1. The van der Waals surface area contributed by atoms with E-state index in [1.165, 1.54) is 9.75 Å². The van der Waals surface area contributed by atoms with Gasteiger partial charge in [-0.15, -0.1) is 11.3 Å². The Morgan fingerprint density at radius 3 is 2.89 bits per heavy atom. The van der Waals surface area contributed by atoms with E-state index in [1.807, 2.05) is 11.3 Å². The number of nitrogens with zero attached hydrogens (tertiary/aromatic N) is 1. The first-order chi connectivity index (χ1) is 8.62. The molecule has 0 saturated carbocycles. The van der Waals surface area contributed by atoms with E-state index < -0.39 is 0 Å². The zero-order chi connectivity index (χ0) is 13.0.